The highest BCUT2D eigenvalue weighted by Gasteiger charge is 2.38. The maximum atomic E-state index is 12.1. The molecular formula is C11H15N3O5. The first-order valence-corrected chi connectivity index (χ1v) is 6.00. The smallest absolute Gasteiger partial charge is 0.328 e. The standard InChI is InChI=1S/C11H15N3O5/c1-19-10(17)7-3-2-4-13(7)9(16)6-14-8(15)5-12-11(14)18/h7H,2-6H2,1H3,(H,12,18). The molecule has 8 heteroatoms. The minimum Gasteiger partial charge on any atom is -0.467 e. The Kier molecular flexibility index (Phi) is 3.68. The van der Waals surface area contributed by atoms with Crippen LogP contribution in [-0.2, 0) is 19.1 Å². The highest BCUT2D eigenvalue weighted by Crippen LogP contribution is 2.19. The van der Waals surface area contributed by atoms with Gasteiger partial charge in [0, 0.05) is 6.54 Å². The average molecular weight is 269 g/mol. The topological polar surface area (TPSA) is 96.0 Å². The monoisotopic (exact) mass is 269 g/mol. The molecular weight excluding hydrogens is 254 g/mol. The Morgan fingerprint density at radius 3 is 2.74 bits per heavy atom. The number of nitrogens with one attached hydrogen (secondary N) is 1. The number of hydrogen-bond acceptors (Lipinski definition) is 5. The predicted octanol–water partition coefficient (Wildman–Crippen LogP) is -1.30. The molecule has 0 aliphatic carbocycles. The molecule has 2 saturated heterocycles. The summed E-state index contributed by atoms with van der Waals surface area (Å²) in [5.74, 6) is -1.33. The number of nitrogens with zero attached hydrogens (tertiary/aromatic N) is 2. The van der Waals surface area contributed by atoms with Crippen LogP contribution in [0.25, 0.3) is 0 Å². The van der Waals surface area contributed by atoms with Crippen molar-refractivity contribution in [2.75, 3.05) is 26.7 Å². The molecule has 1 atom stereocenters. The lowest BCUT2D eigenvalue weighted by Gasteiger charge is -2.24. The minimum absolute atomic E-state index is 0.0907. The fraction of sp³-hybridized carbons (Fsp3) is 0.636. The van der Waals surface area contributed by atoms with Crippen molar-refractivity contribution < 1.29 is 23.9 Å². The number of likely N-dealkylation sites (tertiary alicyclic amines) is 1. The minimum atomic E-state index is -0.613. The van der Waals surface area contributed by atoms with E-state index in [1.807, 2.05) is 0 Å². The van der Waals surface area contributed by atoms with Crippen molar-refractivity contribution in [2.24, 2.45) is 0 Å². The summed E-state index contributed by atoms with van der Waals surface area (Å²) < 4.78 is 4.63. The maximum absolute atomic E-state index is 12.1. The van der Waals surface area contributed by atoms with Gasteiger partial charge in [0.25, 0.3) is 5.91 Å². The molecule has 1 unspecified atom stereocenters. The summed E-state index contributed by atoms with van der Waals surface area (Å²) in [5.41, 5.74) is 0. The number of amides is 4. The lowest BCUT2D eigenvalue weighted by Crippen LogP contribution is -2.47. The van der Waals surface area contributed by atoms with Gasteiger partial charge in [-0.1, -0.05) is 0 Å². The van der Waals surface area contributed by atoms with Crippen molar-refractivity contribution in [2.45, 2.75) is 18.9 Å². The van der Waals surface area contributed by atoms with E-state index in [9.17, 15) is 19.2 Å². The van der Waals surface area contributed by atoms with Gasteiger partial charge in [-0.3, -0.25) is 14.5 Å². The van der Waals surface area contributed by atoms with Crippen molar-refractivity contribution in [3.63, 3.8) is 0 Å². The second-order valence-electron chi connectivity index (χ2n) is 4.41. The van der Waals surface area contributed by atoms with Gasteiger partial charge in [0.1, 0.15) is 12.6 Å². The Hall–Kier alpha value is -2.12. The fourth-order valence-electron chi connectivity index (χ4n) is 2.29. The van der Waals surface area contributed by atoms with Crippen molar-refractivity contribution in [1.82, 2.24) is 15.1 Å². The number of urea groups is 1. The Morgan fingerprint density at radius 2 is 2.16 bits per heavy atom. The van der Waals surface area contributed by atoms with E-state index in [-0.39, 0.29) is 13.1 Å². The first-order chi connectivity index (χ1) is 9.04. The number of hydrogen-bond donors (Lipinski definition) is 1. The molecule has 0 saturated carbocycles. The summed E-state index contributed by atoms with van der Waals surface area (Å²) in [7, 11) is 1.26. The third-order valence-electron chi connectivity index (χ3n) is 3.28. The van der Waals surface area contributed by atoms with Gasteiger partial charge in [-0.15, -0.1) is 0 Å². The lowest BCUT2D eigenvalue weighted by molar-refractivity contribution is -0.151. The molecule has 2 rings (SSSR count). The van der Waals surface area contributed by atoms with Crippen molar-refractivity contribution >= 4 is 23.8 Å². The summed E-state index contributed by atoms with van der Waals surface area (Å²) in [6.45, 7) is 0.00690. The van der Waals surface area contributed by atoms with Gasteiger partial charge in [-0.2, -0.15) is 0 Å². The Morgan fingerprint density at radius 1 is 1.42 bits per heavy atom. The predicted molar refractivity (Wildman–Crippen MR) is 61.9 cm³/mol. The normalized spacial score (nSPS) is 22.7. The molecule has 1 N–H and O–H groups in total. The summed E-state index contributed by atoms with van der Waals surface area (Å²) in [6.07, 6.45) is 1.24. The van der Waals surface area contributed by atoms with Crippen LogP contribution in [0.2, 0.25) is 0 Å². The number of ether oxygens (including phenoxy) is 1. The Balaban J connectivity index is 2.01. The molecule has 0 aromatic carbocycles. The molecule has 19 heavy (non-hydrogen) atoms. The number of carbonyl (C=O) groups is 4. The van der Waals surface area contributed by atoms with Crippen LogP contribution in [0.5, 0.6) is 0 Å². The zero-order chi connectivity index (χ0) is 14.0. The van der Waals surface area contributed by atoms with Gasteiger partial charge in [0.15, 0.2) is 0 Å². The van der Waals surface area contributed by atoms with Gasteiger partial charge in [0.2, 0.25) is 5.91 Å². The second-order valence-corrected chi connectivity index (χ2v) is 4.41. The van der Waals surface area contributed by atoms with E-state index in [0.29, 0.717) is 19.4 Å². The van der Waals surface area contributed by atoms with Crippen LogP contribution in [0, 0.1) is 0 Å². The molecule has 2 heterocycles. The van der Waals surface area contributed by atoms with Crippen molar-refractivity contribution in [3.05, 3.63) is 0 Å². The molecule has 0 radical (unpaired) electrons. The quantitative estimate of drug-likeness (QED) is 0.507. The van der Waals surface area contributed by atoms with E-state index in [2.05, 4.69) is 10.1 Å². The third-order valence-corrected chi connectivity index (χ3v) is 3.28. The van der Waals surface area contributed by atoms with E-state index >= 15 is 0 Å². The summed E-state index contributed by atoms with van der Waals surface area (Å²) in [6, 6.07) is -1.19. The number of carbonyl (C=O) groups excluding carboxylic acids is 4. The Labute approximate surface area is 109 Å². The van der Waals surface area contributed by atoms with Gasteiger partial charge >= 0.3 is 12.0 Å². The molecule has 8 nitrogen and oxygen atoms in total. The summed E-state index contributed by atoms with van der Waals surface area (Å²) in [4.78, 5) is 48.5. The highest BCUT2D eigenvalue weighted by atomic mass is 16.5. The number of rotatable bonds is 3. The average Bonchev–Trinajstić information content (AvgIpc) is 2.99. The van der Waals surface area contributed by atoms with E-state index in [1.165, 1.54) is 12.0 Å². The van der Waals surface area contributed by atoms with Crippen LogP contribution in [0.15, 0.2) is 0 Å². The molecule has 0 aromatic rings. The number of methoxy groups -OCH3 is 1. The summed E-state index contributed by atoms with van der Waals surface area (Å²) >= 11 is 0. The van der Waals surface area contributed by atoms with Gasteiger partial charge in [-0.25, -0.2) is 9.59 Å². The van der Waals surface area contributed by atoms with Gasteiger partial charge in [-0.05, 0) is 12.8 Å². The summed E-state index contributed by atoms with van der Waals surface area (Å²) in [5, 5.41) is 2.34. The second kappa shape index (κ2) is 5.25. The van der Waals surface area contributed by atoms with E-state index < -0.39 is 29.9 Å². The molecule has 2 aliphatic heterocycles. The SMILES string of the molecule is COC(=O)C1CCCN1C(=O)CN1C(=O)CNC1=O. The van der Waals surface area contributed by atoms with Gasteiger partial charge < -0.3 is 15.0 Å². The van der Waals surface area contributed by atoms with Crippen molar-refractivity contribution in [1.29, 1.82) is 0 Å². The van der Waals surface area contributed by atoms with Crippen LogP contribution in [-0.4, -0.2) is 66.4 Å². The molecule has 0 bridgehead atoms. The van der Waals surface area contributed by atoms with E-state index in [0.717, 1.165) is 4.90 Å². The van der Waals surface area contributed by atoms with Crippen molar-refractivity contribution in [3.8, 4) is 0 Å². The van der Waals surface area contributed by atoms with Crippen LogP contribution >= 0.6 is 0 Å². The fourth-order valence-corrected chi connectivity index (χ4v) is 2.29. The molecule has 0 spiro atoms. The zero-order valence-corrected chi connectivity index (χ0v) is 10.5. The van der Waals surface area contributed by atoms with Crippen LogP contribution in [0.4, 0.5) is 4.79 Å². The molecule has 0 aromatic heterocycles. The van der Waals surface area contributed by atoms with Crippen LogP contribution < -0.4 is 5.32 Å². The van der Waals surface area contributed by atoms with E-state index in [4.69, 9.17) is 0 Å². The van der Waals surface area contributed by atoms with E-state index in [1.54, 1.807) is 0 Å². The molecule has 2 aliphatic rings. The van der Waals surface area contributed by atoms with Crippen LogP contribution in [0.1, 0.15) is 12.8 Å². The Bertz CT molecular complexity index is 420. The largest absolute Gasteiger partial charge is 0.467 e. The van der Waals surface area contributed by atoms with Gasteiger partial charge in [0.05, 0.1) is 13.7 Å². The third kappa shape index (κ3) is 2.51. The number of esters is 1. The molecule has 104 valence electrons. The maximum Gasteiger partial charge on any atom is 0.328 e. The first kappa shape index (κ1) is 13.3. The lowest BCUT2D eigenvalue weighted by atomic mass is 10.2. The first-order valence-electron chi connectivity index (χ1n) is 6.00. The number of imide groups is 1. The van der Waals surface area contributed by atoms with Crippen LogP contribution in [0.3, 0.4) is 0 Å². The highest BCUT2D eigenvalue weighted by molar-refractivity contribution is 6.04. The molecule has 4 amide bonds. The zero-order valence-electron chi connectivity index (χ0n) is 10.5. The molecule has 2 fully saturated rings.